The third-order valence-corrected chi connectivity index (χ3v) is 1.92. The summed E-state index contributed by atoms with van der Waals surface area (Å²) >= 11 is 0. The van der Waals surface area contributed by atoms with E-state index >= 15 is 0 Å². The van der Waals surface area contributed by atoms with Gasteiger partial charge in [0.1, 0.15) is 0 Å². The molecule has 0 aliphatic rings. The fourth-order valence-corrected chi connectivity index (χ4v) is 1.28. The summed E-state index contributed by atoms with van der Waals surface area (Å²) in [5.41, 5.74) is 1.16. The Labute approximate surface area is 86.1 Å². The van der Waals surface area contributed by atoms with Gasteiger partial charge in [-0.1, -0.05) is 13.8 Å². The first-order chi connectivity index (χ1) is 6.59. The van der Waals surface area contributed by atoms with Crippen molar-refractivity contribution in [1.29, 1.82) is 0 Å². The van der Waals surface area contributed by atoms with Gasteiger partial charge in [0.25, 0.3) is 0 Å². The molecular weight excluding hydrogens is 176 g/mol. The lowest BCUT2D eigenvalue weighted by molar-refractivity contribution is 0.0614. The number of nitrogens with zero attached hydrogens (tertiary/aromatic N) is 2. The van der Waals surface area contributed by atoms with Gasteiger partial charge in [0, 0.05) is 6.54 Å². The number of imidazole rings is 1. The van der Waals surface area contributed by atoms with Crippen molar-refractivity contribution >= 4 is 0 Å². The molecule has 0 atom stereocenters. The summed E-state index contributed by atoms with van der Waals surface area (Å²) in [5, 5.41) is 0. The van der Waals surface area contributed by atoms with Crippen LogP contribution in [0.25, 0.3) is 0 Å². The molecule has 0 unspecified atom stereocenters. The van der Waals surface area contributed by atoms with Crippen molar-refractivity contribution in [2.75, 3.05) is 0 Å². The summed E-state index contributed by atoms with van der Waals surface area (Å²) < 4.78 is 7.71. The molecule has 0 fully saturated rings. The average Bonchev–Trinajstić information content (AvgIpc) is 2.47. The zero-order chi connectivity index (χ0) is 10.6. The summed E-state index contributed by atoms with van der Waals surface area (Å²) in [5.74, 6) is 0.641. The van der Waals surface area contributed by atoms with Gasteiger partial charge in [0.15, 0.2) is 0 Å². The molecule has 1 heterocycles. The van der Waals surface area contributed by atoms with E-state index in [1.165, 1.54) is 0 Å². The SMILES string of the molecule is CC(C)Cn1cncc1COC(C)C. The van der Waals surface area contributed by atoms with Gasteiger partial charge < -0.3 is 9.30 Å². The lowest BCUT2D eigenvalue weighted by Gasteiger charge is -2.12. The maximum Gasteiger partial charge on any atom is 0.0948 e. The molecule has 0 aliphatic carbocycles. The lowest BCUT2D eigenvalue weighted by Crippen LogP contribution is -2.10. The molecule has 1 aromatic heterocycles. The molecule has 0 amide bonds. The van der Waals surface area contributed by atoms with Crippen LogP contribution in [-0.4, -0.2) is 15.7 Å². The highest BCUT2D eigenvalue weighted by atomic mass is 16.5. The highest BCUT2D eigenvalue weighted by Crippen LogP contribution is 2.06. The molecule has 1 aromatic rings. The predicted octanol–water partition coefficient (Wildman–Crippen LogP) is 2.46. The van der Waals surface area contributed by atoms with Crippen LogP contribution >= 0.6 is 0 Å². The molecule has 0 N–H and O–H groups in total. The molecule has 0 saturated carbocycles. The molecule has 14 heavy (non-hydrogen) atoms. The van der Waals surface area contributed by atoms with Crippen molar-refractivity contribution in [1.82, 2.24) is 9.55 Å². The Bertz CT molecular complexity index is 266. The molecule has 0 saturated heterocycles. The second-order valence-corrected chi connectivity index (χ2v) is 4.29. The number of hydrogen-bond acceptors (Lipinski definition) is 2. The number of ether oxygens (including phenoxy) is 1. The van der Waals surface area contributed by atoms with Crippen molar-refractivity contribution in [2.24, 2.45) is 5.92 Å². The summed E-state index contributed by atoms with van der Waals surface area (Å²) in [6.07, 6.45) is 4.03. The number of hydrogen-bond donors (Lipinski definition) is 0. The van der Waals surface area contributed by atoms with Gasteiger partial charge >= 0.3 is 0 Å². The Morgan fingerprint density at radius 1 is 1.36 bits per heavy atom. The maximum absolute atomic E-state index is 5.55. The van der Waals surface area contributed by atoms with Gasteiger partial charge in [0.2, 0.25) is 0 Å². The minimum atomic E-state index is 0.275. The minimum Gasteiger partial charge on any atom is -0.373 e. The maximum atomic E-state index is 5.55. The van der Waals surface area contributed by atoms with Crippen LogP contribution in [0.3, 0.4) is 0 Å². The highest BCUT2D eigenvalue weighted by molar-refractivity contribution is 4.96. The quantitative estimate of drug-likeness (QED) is 0.723. The zero-order valence-corrected chi connectivity index (χ0v) is 9.53. The Hall–Kier alpha value is -0.830. The van der Waals surface area contributed by atoms with Crippen molar-refractivity contribution in [2.45, 2.75) is 47.0 Å². The summed E-state index contributed by atoms with van der Waals surface area (Å²) in [7, 11) is 0. The largest absolute Gasteiger partial charge is 0.373 e. The first-order valence-electron chi connectivity index (χ1n) is 5.20. The van der Waals surface area contributed by atoms with E-state index in [0.29, 0.717) is 12.5 Å². The van der Waals surface area contributed by atoms with E-state index < -0.39 is 0 Å². The molecule has 3 heteroatoms. The topological polar surface area (TPSA) is 27.1 Å². The fraction of sp³-hybridized carbons (Fsp3) is 0.727. The van der Waals surface area contributed by atoms with Gasteiger partial charge in [-0.15, -0.1) is 0 Å². The summed E-state index contributed by atoms with van der Waals surface area (Å²) in [4.78, 5) is 4.14. The average molecular weight is 196 g/mol. The first-order valence-corrected chi connectivity index (χ1v) is 5.20. The Kier molecular flexibility index (Phi) is 4.14. The fourth-order valence-electron chi connectivity index (χ4n) is 1.28. The predicted molar refractivity (Wildman–Crippen MR) is 57.0 cm³/mol. The normalized spacial score (nSPS) is 11.6. The molecule has 80 valence electrons. The van der Waals surface area contributed by atoms with E-state index in [0.717, 1.165) is 12.2 Å². The van der Waals surface area contributed by atoms with Crippen molar-refractivity contribution < 1.29 is 4.74 Å². The Balaban J connectivity index is 2.53. The summed E-state index contributed by atoms with van der Waals surface area (Å²) in [6, 6.07) is 0. The van der Waals surface area contributed by atoms with Gasteiger partial charge in [-0.25, -0.2) is 4.98 Å². The van der Waals surface area contributed by atoms with E-state index in [-0.39, 0.29) is 6.10 Å². The smallest absolute Gasteiger partial charge is 0.0948 e. The molecule has 1 rings (SSSR count). The third-order valence-electron chi connectivity index (χ3n) is 1.92. The molecule has 3 nitrogen and oxygen atoms in total. The van der Waals surface area contributed by atoms with E-state index in [2.05, 4.69) is 23.4 Å². The van der Waals surface area contributed by atoms with Crippen LogP contribution in [0.15, 0.2) is 12.5 Å². The second kappa shape index (κ2) is 5.15. The van der Waals surface area contributed by atoms with Crippen LogP contribution in [0.5, 0.6) is 0 Å². The van der Waals surface area contributed by atoms with Crippen LogP contribution in [0.1, 0.15) is 33.4 Å². The zero-order valence-electron chi connectivity index (χ0n) is 9.53. The highest BCUT2D eigenvalue weighted by Gasteiger charge is 2.04. The van der Waals surface area contributed by atoms with Crippen LogP contribution in [0.4, 0.5) is 0 Å². The third kappa shape index (κ3) is 3.50. The molecule has 0 aromatic carbocycles. The molecule has 0 radical (unpaired) electrons. The monoisotopic (exact) mass is 196 g/mol. The van der Waals surface area contributed by atoms with Crippen molar-refractivity contribution in [3.05, 3.63) is 18.2 Å². The van der Waals surface area contributed by atoms with Crippen molar-refractivity contribution in [3.8, 4) is 0 Å². The van der Waals surface area contributed by atoms with Gasteiger partial charge in [0.05, 0.1) is 30.9 Å². The first kappa shape index (κ1) is 11.2. The van der Waals surface area contributed by atoms with Gasteiger partial charge in [-0.2, -0.15) is 0 Å². The molecule has 0 aliphatic heterocycles. The van der Waals surface area contributed by atoms with Crippen LogP contribution < -0.4 is 0 Å². The second-order valence-electron chi connectivity index (χ2n) is 4.29. The minimum absolute atomic E-state index is 0.275. The van der Waals surface area contributed by atoms with E-state index in [1.54, 1.807) is 0 Å². The van der Waals surface area contributed by atoms with E-state index in [9.17, 15) is 0 Å². The van der Waals surface area contributed by atoms with Gasteiger partial charge in [-0.05, 0) is 19.8 Å². The Morgan fingerprint density at radius 3 is 2.64 bits per heavy atom. The van der Waals surface area contributed by atoms with Crippen LogP contribution in [0.2, 0.25) is 0 Å². The van der Waals surface area contributed by atoms with E-state index in [4.69, 9.17) is 4.74 Å². The van der Waals surface area contributed by atoms with Crippen LogP contribution in [-0.2, 0) is 17.9 Å². The van der Waals surface area contributed by atoms with E-state index in [1.807, 2.05) is 26.4 Å². The number of aromatic nitrogens is 2. The molecule has 0 bridgehead atoms. The van der Waals surface area contributed by atoms with Crippen molar-refractivity contribution in [3.63, 3.8) is 0 Å². The summed E-state index contributed by atoms with van der Waals surface area (Å²) in [6.45, 7) is 10.2. The Morgan fingerprint density at radius 2 is 2.07 bits per heavy atom. The molecule has 0 spiro atoms. The standard InChI is InChI=1S/C11H20N2O/c1-9(2)6-13-8-12-5-11(13)7-14-10(3)4/h5,8-10H,6-7H2,1-4H3. The van der Waals surface area contributed by atoms with Gasteiger partial charge in [-0.3, -0.25) is 0 Å². The number of rotatable bonds is 5. The van der Waals surface area contributed by atoms with Crippen LogP contribution in [0, 0.1) is 5.92 Å². The lowest BCUT2D eigenvalue weighted by atomic mass is 10.2. The molecular formula is C11H20N2O.